The maximum atomic E-state index is 6.03. The Labute approximate surface area is 111 Å². The lowest BCUT2D eigenvalue weighted by Crippen LogP contribution is -2.09. The summed E-state index contributed by atoms with van der Waals surface area (Å²) in [5.74, 6) is 0.653. The van der Waals surface area contributed by atoms with E-state index in [1.54, 1.807) is 6.20 Å². The van der Waals surface area contributed by atoms with Gasteiger partial charge in [-0.3, -0.25) is 4.68 Å². The lowest BCUT2D eigenvalue weighted by atomic mass is 10.3. The van der Waals surface area contributed by atoms with Crippen LogP contribution < -0.4 is 5.32 Å². The molecular weight excluding hydrogens is 250 g/mol. The molecule has 2 aromatic heterocycles. The van der Waals surface area contributed by atoms with Crippen molar-refractivity contribution in [3.8, 4) is 0 Å². The van der Waals surface area contributed by atoms with Crippen molar-refractivity contribution in [1.82, 2.24) is 19.7 Å². The normalized spacial score (nSPS) is 10.6. The number of halogens is 1. The van der Waals surface area contributed by atoms with E-state index in [1.807, 2.05) is 30.8 Å². The highest BCUT2D eigenvalue weighted by Gasteiger charge is 2.05. The predicted octanol–water partition coefficient (Wildman–Crippen LogP) is 2.45. The van der Waals surface area contributed by atoms with E-state index in [1.165, 1.54) is 0 Å². The maximum absolute atomic E-state index is 6.03. The number of hydrogen-bond donors (Lipinski definition) is 1. The number of nitrogens with zero attached hydrogens (tertiary/aromatic N) is 4. The number of aryl methyl sites for hydroxylation is 3. The van der Waals surface area contributed by atoms with Gasteiger partial charge in [0.05, 0.1) is 11.4 Å². The van der Waals surface area contributed by atoms with Gasteiger partial charge in [-0.2, -0.15) is 5.10 Å². The molecule has 0 fully saturated rings. The summed E-state index contributed by atoms with van der Waals surface area (Å²) in [6.07, 6.45) is 4.68. The van der Waals surface area contributed by atoms with Crippen LogP contribution in [0, 0.1) is 13.8 Å². The van der Waals surface area contributed by atoms with Gasteiger partial charge in [-0.05, 0) is 26.3 Å². The summed E-state index contributed by atoms with van der Waals surface area (Å²) in [7, 11) is 0. The molecule has 5 nitrogen and oxygen atoms in total. The lowest BCUT2D eigenvalue weighted by molar-refractivity contribution is 0.591. The average Bonchev–Trinajstić information content (AvgIpc) is 2.84. The van der Waals surface area contributed by atoms with Crippen LogP contribution in [0.5, 0.6) is 0 Å². The van der Waals surface area contributed by atoms with Gasteiger partial charge >= 0.3 is 0 Å². The second kappa shape index (κ2) is 5.82. The third kappa shape index (κ3) is 3.20. The Bertz CT molecular complexity index is 509. The highest BCUT2D eigenvalue weighted by Crippen LogP contribution is 2.18. The average molecular weight is 266 g/mol. The van der Waals surface area contributed by atoms with Crippen molar-refractivity contribution in [3.63, 3.8) is 0 Å². The summed E-state index contributed by atoms with van der Waals surface area (Å²) in [6, 6.07) is 1.92. The van der Waals surface area contributed by atoms with Crippen LogP contribution in [0.25, 0.3) is 0 Å². The molecule has 0 atom stereocenters. The smallest absolute Gasteiger partial charge is 0.171 e. The third-order valence-corrected chi connectivity index (χ3v) is 2.94. The molecule has 0 aromatic carbocycles. The Kier molecular flexibility index (Phi) is 4.15. The van der Waals surface area contributed by atoms with Crippen LogP contribution in [0.15, 0.2) is 18.5 Å². The first-order valence-corrected chi connectivity index (χ1v) is 6.26. The molecule has 0 aliphatic rings. The molecule has 0 aliphatic heterocycles. The van der Waals surface area contributed by atoms with Gasteiger partial charge in [0.1, 0.15) is 0 Å². The SMILES string of the molecule is Cc1nc(Cl)c(NCCCn2cccn2)nc1C. The Morgan fingerprint density at radius 3 is 2.78 bits per heavy atom. The highest BCUT2D eigenvalue weighted by atomic mass is 35.5. The first kappa shape index (κ1) is 12.8. The van der Waals surface area contributed by atoms with E-state index in [0.29, 0.717) is 11.0 Å². The van der Waals surface area contributed by atoms with Gasteiger partial charge in [0.25, 0.3) is 0 Å². The quantitative estimate of drug-likeness (QED) is 0.844. The number of rotatable bonds is 5. The number of hydrogen-bond acceptors (Lipinski definition) is 4. The largest absolute Gasteiger partial charge is 0.367 e. The fourth-order valence-electron chi connectivity index (χ4n) is 1.57. The molecule has 0 unspecified atom stereocenters. The van der Waals surface area contributed by atoms with Crippen molar-refractivity contribution in [3.05, 3.63) is 35.0 Å². The van der Waals surface area contributed by atoms with E-state index in [2.05, 4.69) is 20.4 Å². The molecule has 96 valence electrons. The van der Waals surface area contributed by atoms with Crippen molar-refractivity contribution >= 4 is 17.4 Å². The molecule has 2 heterocycles. The van der Waals surface area contributed by atoms with Gasteiger partial charge in [0.2, 0.25) is 0 Å². The van der Waals surface area contributed by atoms with Crippen LogP contribution in [0.2, 0.25) is 5.15 Å². The van der Waals surface area contributed by atoms with Crippen molar-refractivity contribution in [2.75, 3.05) is 11.9 Å². The van der Waals surface area contributed by atoms with Crippen molar-refractivity contribution in [1.29, 1.82) is 0 Å². The second-order valence-electron chi connectivity index (χ2n) is 4.08. The van der Waals surface area contributed by atoms with Gasteiger partial charge in [0.15, 0.2) is 11.0 Å². The summed E-state index contributed by atoms with van der Waals surface area (Å²) in [5.41, 5.74) is 1.76. The molecule has 0 bridgehead atoms. The van der Waals surface area contributed by atoms with Gasteiger partial charge in [-0.1, -0.05) is 11.6 Å². The zero-order chi connectivity index (χ0) is 13.0. The Morgan fingerprint density at radius 2 is 2.06 bits per heavy atom. The monoisotopic (exact) mass is 265 g/mol. The Hall–Kier alpha value is -1.62. The molecular formula is C12H16ClN5. The fourth-order valence-corrected chi connectivity index (χ4v) is 1.80. The van der Waals surface area contributed by atoms with Crippen LogP contribution in [0.3, 0.4) is 0 Å². The Balaban J connectivity index is 1.85. The van der Waals surface area contributed by atoms with Crippen molar-refractivity contribution in [2.24, 2.45) is 0 Å². The van der Waals surface area contributed by atoms with Crippen LogP contribution in [0.4, 0.5) is 5.82 Å². The molecule has 0 amide bonds. The molecule has 0 aliphatic carbocycles. The first-order valence-electron chi connectivity index (χ1n) is 5.89. The van der Waals surface area contributed by atoms with E-state index in [9.17, 15) is 0 Å². The predicted molar refractivity (Wildman–Crippen MR) is 71.8 cm³/mol. The zero-order valence-electron chi connectivity index (χ0n) is 10.5. The number of nitrogens with one attached hydrogen (secondary N) is 1. The molecule has 2 rings (SSSR count). The van der Waals surface area contributed by atoms with E-state index in [4.69, 9.17) is 11.6 Å². The van der Waals surface area contributed by atoms with Crippen LogP contribution in [0.1, 0.15) is 17.8 Å². The van der Waals surface area contributed by atoms with E-state index >= 15 is 0 Å². The zero-order valence-corrected chi connectivity index (χ0v) is 11.3. The minimum Gasteiger partial charge on any atom is -0.367 e. The molecule has 0 radical (unpaired) electrons. The highest BCUT2D eigenvalue weighted by molar-refractivity contribution is 6.31. The summed E-state index contributed by atoms with van der Waals surface area (Å²) in [4.78, 5) is 8.60. The molecule has 18 heavy (non-hydrogen) atoms. The van der Waals surface area contributed by atoms with Crippen LogP contribution >= 0.6 is 11.6 Å². The minimum absolute atomic E-state index is 0.428. The summed E-state index contributed by atoms with van der Waals surface area (Å²) >= 11 is 6.03. The lowest BCUT2D eigenvalue weighted by Gasteiger charge is -2.09. The van der Waals surface area contributed by atoms with Gasteiger partial charge in [-0.25, -0.2) is 9.97 Å². The topological polar surface area (TPSA) is 55.6 Å². The molecule has 0 saturated heterocycles. The van der Waals surface area contributed by atoms with Crippen molar-refractivity contribution < 1.29 is 0 Å². The Morgan fingerprint density at radius 1 is 1.28 bits per heavy atom. The van der Waals surface area contributed by atoms with Crippen LogP contribution in [-0.2, 0) is 6.54 Å². The van der Waals surface area contributed by atoms with E-state index < -0.39 is 0 Å². The summed E-state index contributed by atoms with van der Waals surface area (Å²) in [6.45, 7) is 5.48. The van der Waals surface area contributed by atoms with Gasteiger partial charge in [-0.15, -0.1) is 0 Å². The maximum Gasteiger partial charge on any atom is 0.171 e. The van der Waals surface area contributed by atoms with Crippen LogP contribution in [-0.4, -0.2) is 26.3 Å². The summed E-state index contributed by atoms with van der Waals surface area (Å²) in [5, 5.41) is 7.76. The second-order valence-corrected chi connectivity index (χ2v) is 4.44. The third-order valence-electron chi connectivity index (χ3n) is 2.68. The fraction of sp³-hybridized carbons (Fsp3) is 0.417. The van der Waals surface area contributed by atoms with Crippen molar-refractivity contribution in [2.45, 2.75) is 26.8 Å². The summed E-state index contributed by atoms with van der Waals surface area (Å²) < 4.78 is 1.90. The number of anilines is 1. The van der Waals surface area contributed by atoms with E-state index in [0.717, 1.165) is 30.9 Å². The van der Waals surface area contributed by atoms with Gasteiger partial charge in [0, 0.05) is 25.5 Å². The molecule has 0 saturated carbocycles. The number of aromatic nitrogens is 4. The molecule has 6 heteroatoms. The molecule has 1 N–H and O–H groups in total. The first-order chi connectivity index (χ1) is 8.66. The standard InChI is InChI=1S/C12H16ClN5/c1-9-10(2)17-12(11(13)16-9)14-5-3-7-18-8-4-6-15-18/h4,6,8H,3,5,7H2,1-2H3,(H,14,17). The molecule has 2 aromatic rings. The van der Waals surface area contributed by atoms with E-state index in [-0.39, 0.29) is 0 Å². The van der Waals surface area contributed by atoms with Gasteiger partial charge < -0.3 is 5.32 Å². The minimum atomic E-state index is 0.428. The molecule has 0 spiro atoms.